The summed E-state index contributed by atoms with van der Waals surface area (Å²) in [6, 6.07) is 0. The van der Waals surface area contributed by atoms with E-state index in [1.54, 1.807) is 0 Å². The molecule has 6 nitrogen and oxygen atoms in total. The molecule has 50 valence electrons. The molecule has 0 aliphatic rings. The van der Waals surface area contributed by atoms with Crippen LogP contribution >= 0.6 is 16.5 Å². The number of hydrogen-bond acceptors (Lipinski definition) is 6. The van der Waals surface area contributed by atoms with Crippen LogP contribution in [0.5, 0.6) is 0 Å². The van der Waals surface area contributed by atoms with E-state index in [0.29, 0.717) is 0 Å². The molecule has 0 aromatic heterocycles. The van der Waals surface area contributed by atoms with Gasteiger partial charge in [-0.25, -0.2) is 0 Å². The summed E-state index contributed by atoms with van der Waals surface area (Å²) in [5.74, 6) is 0. The fourth-order valence-corrected chi connectivity index (χ4v) is 0.612. The van der Waals surface area contributed by atoms with E-state index in [4.69, 9.17) is 0 Å². The van der Waals surface area contributed by atoms with Gasteiger partial charge >= 0.3 is 59.1 Å². The van der Waals surface area contributed by atoms with Gasteiger partial charge in [0.2, 0.25) is 0 Å². The first kappa shape index (κ1) is 18.2. The molecule has 0 rings (SSSR count). The van der Waals surface area contributed by atoms with E-state index in [1.165, 1.54) is 0 Å². The van der Waals surface area contributed by atoms with E-state index < -0.39 is 16.5 Å². The summed E-state index contributed by atoms with van der Waals surface area (Å²) in [7, 11) is -7.05. The van der Waals surface area contributed by atoms with Crippen molar-refractivity contribution in [3.63, 3.8) is 0 Å². The summed E-state index contributed by atoms with van der Waals surface area (Å²) >= 11 is 0. The topological polar surface area (TPSA) is 98.7 Å². The van der Waals surface area contributed by atoms with Gasteiger partial charge in [-0.3, -0.25) is 0 Å². The van der Waals surface area contributed by atoms with E-state index in [1.807, 2.05) is 0 Å². The van der Waals surface area contributed by atoms with Gasteiger partial charge < -0.3 is 18.9 Å². The smallest absolute Gasteiger partial charge is 0.779 e. The van der Waals surface area contributed by atoms with Crippen molar-refractivity contribution in [1.82, 2.24) is 0 Å². The first-order valence-corrected chi connectivity index (χ1v) is 3.84. The normalized spacial score (nSPS) is 14.2. The van der Waals surface area contributed by atoms with Gasteiger partial charge in [-0.05, 0) is 0 Å². The van der Waals surface area contributed by atoms with Gasteiger partial charge in [0.1, 0.15) is 0 Å². The SMILES string of the molecule is O=[PH]([O-])OO[PH](=O)[O-].[Na+].[Na+]. The monoisotopic (exact) mass is 206 g/mol. The van der Waals surface area contributed by atoms with E-state index in [2.05, 4.69) is 9.35 Å². The Bertz CT molecular complexity index is 98.3. The molecule has 10 heteroatoms. The Morgan fingerprint density at radius 2 is 1.10 bits per heavy atom. The first-order chi connectivity index (χ1) is 3.63. The third-order valence-corrected chi connectivity index (χ3v) is 0.783. The van der Waals surface area contributed by atoms with Crippen LogP contribution in [0.15, 0.2) is 0 Å². The van der Waals surface area contributed by atoms with Crippen LogP contribution in [0.4, 0.5) is 0 Å². The summed E-state index contributed by atoms with van der Waals surface area (Å²) in [6.07, 6.45) is 0. The zero-order valence-corrected chi connectivity index (χ0v) is 11.4. The van der Waals surface area contributed by atoms with Gasteiger partial charge in [-0.2, -0.15) is 9.35 Å². The molecular weight excluding hydrogens is 204 g/mol. The average Bonchev–Trinajstić information content (AvgIpc) is 1.61. The largest absolute Gasteiger partial charge is 1.00 e. The quantitative estimate of drug-likeness (QED) is 0.197. The van der Waals surface area contributed by atoms with E-state index in [9.17, 15) is 18.9 Å². The van der Waals surface area contributed by atoms with Crippen molar-refractivity contribution in [3.05, 3.63) is 0 Å². The predicted molar refractivity (Wildman–Crippen MR) is 20.2 cm³/mol. The Morgan fingerprint density at radius 3 is 1.20 bits per heavy atom. The summed E-state index contributed by atoms with van der Waals surface area (Å²) < 4.78 is 25.2. The van der Waals surface area contributed by atoms with Gasteiger partial charge in [0, 0.05) is 0 Å². The second kappa shape index (κ2) is 11.3. The van der Waals surface area contributed by atoms with Gasteiger partial charge in [-0.1, -0.05) is 0 Å². The number of rotatable bonds is 3. The fraction of sp³-hybridized carbons (Fsp3) is 0. The maximum atomic E-state index is 9.37. The molecular formula is H2Na2O6P2. The molecule has 0 aromatic carbocycles. The van der Waals surface area contributed by atoms with Crippen LogP contribution in [-0.4, -0.2) is 0 Å². The van der Waals surface area contributed by atoms with Crippen LogP contribution in [0.25, 0.3) is 0 Å². The maximum absolute atomic E-state index is 9.37. The molecule has 0 saturated heterocycles. The van der Waals surface area contributed by atoms with Crippen molar-refractivity contribution < 1.29 is 87.4 Å². The zero-order valence-electron chi connectivity index (χ0n) is 5.45. The van der Waals surface area contributed by atoms with Crippen LogP contribution in [0, 0.1) is 0 Å². The van der Waals surface area contributed by atoms with Crippen molar-refractivity contribution in [3.8, 4) is 0 Å². The van der Waals surface area contributed by atoms with E-state index in [-0.39, 0.29) is 59.1 Å². The van der Waals surface area contributed by atoms with Gasteiger partial charge in [-0.15, -0.1) is 0 Å². The molecule has 0 spiro atoms. The van der Waals surface area contributed by atoms with Crippen LogP contribution < -0.4 is 68.9 Å². The van der Waals surface area contributed by atoms with Crippen molar-refractivity contribution in [2.45, 2.75) is 0 Å². The Labute approximate surface area is 103 Å². The minimum atomic E-state index is -3.53. The molecule has 0 heterocycles. The standard InChI is InChI=1S/2Na.H4O6P2/c;;1-7(2)5-6-8(3)4/h;;7-8H,(H,1,2)(H,3,4)/q2*+1;/p-2. The summed E-state index contributed by atoms with van der Waals surface area (Å²) in [5.41, 5.74) is 0. The predicted octanol–water partition coefficient (Wildman–Crippen LogP) is -7.56. The van der Waals surface area contributed by atoms with Crippen molar-refractivity contribution in [2.75, 3.05) is 0 Å². The van der Waals surface area contributed by atoms with Crippen molar-refractivity contribution in [2.24, 2.45) is 0 Å². The molecule has 2 unspecified atom stereocenters. The summed E-state index contributed by atoms with van der Waals surface area (Å²) in [6.45, 7) is 0. The second-order valence-electron chi connectivity index (χ2n) is 0.667. The zero-order chi connectivity index (χ0) is 6.57. The fourth-order valence-electron chi connectivity index (χ4n) is 0.0680. The molecule has 2 atom stereocenters. The van der Waals surface area contributed by atoms with Crippen molar-refractivity contribution >= 4 is 16.5 Å². The van der Waals surface area contributed by atoms with Gasteiger partial charge in [0.15, 0.2) is 16.5 Å². The molecule has 0 N–H and O–H groups in total. The van der Waals surface area contributed by atoms with Crippen molar-refractivity contribution in [1.29, 1.82) is 0 Å². The van der Waals surface area contributed by atoms with Gasteiger partial charge in [0.05, 0.1) is 0 Å². The average molecular weight is 206 g/mol. The summed E-state index contributed by atoms with van der Waals surface area (Å²) in [4.78, 5) is 18.7. The molecule has 0 aromatic rings. The van der Waals surface area contributed by atoms with E-state index in [0.717, 1.165) is 0 Å². The Morgan fingerprint density at radius 1 is 0.900 bits per heavy atom. The Balaban J connectivity index is -0.000000245. The Hall–Kier alpha value is 2.30. The molecule has 0 aliphatic heterocycles. The van der Waals surface area contributed by atoms with E-state index >= 15 is 0 Å². The summed E-state index contributed by atoms with van der Waals surface area (Å²) in [5, 5.41) is 0. The van der Waals surface area contributed by atoms with Crippen LogP contribution in [0.1, 0.15) is 0 Å². The molecule has 0 amide bonds. The van der Waals surface area contributed by atoms with Crippen LogP contribution in [-0.2, 0) is 18.5 Å². The molecule has 0 fully saturated rings. The Kier molecular flexibility index (Phi) is 20.5. The molecule has 0 saturated carbocycles. The van der Waals surface area contributed by atoms with Gasteiger partial charge in [0.25, 0.3) is 0 Å². The minimum absolute atomic E-state index is 0. The maximum Gasteiger partial charge on any atom is 1.00 e. The second-order valence-corrected chi connectivity index (χ2v) is 2.00. The number of hydrogen-bond donors (Lipinski definition) is 0. The molecule has 0 bridgehead atoms. The molecule has 10 heavy (non-hydrogen) atoms. The van der Waals surface area contributed by atoms with Crippen LogP contribution in [0.2, 0.25) is 0 Å². The first-order valence-electron chi connectivity index (χ1n) is 1.39. The third-order valence-electron chi connectivity index (χ3n) is 0.178. The molecule has 0 radical (unpaired) electrons. The third kappa shape index (κ3) is 16.7. The van der Waals surface area contributed by atoms with Crippen LogP contribution in [0.3, 0.4) is 0 Å². The molecule has 0 aliphatic carbocycles. The minimum Gasteiger partial charge on any atom is -0.779 e.